The molecular weight excluding hydrogens is 170 g/mol. The van der Waals surface area contributed by atoms with Gasteiger partial charge >= 0.3 is 6.09 Å². The van der Waals surface area contributed by atoms with Gasteiger partial charge in [-0.1, -0.05) is 0 Å². The highest BCUT2D eigenvalue weighted by atomic mass is 16.5. The predicted octanol–water partition coefficient (Wildman–Crippen LogP) is 1.96. The van der Waals surface area contributed by atoms with E-state index in [1.165, 1.54) is 12.1 Å². The summed E-state index contributed by atoms with van der Waals surface area (Å²) in [6.45, 7) is 2.07. The molecule has 0 aliphatic rings. The van der Waals surface area contributed by atoms with Crippen LogP contribution in [0.2, 0.25) is 0 Å². The Kier molecular flexibility index (Phi) is 3.14. The van der Waals surface area contributed by atoms with Crippen LogP contribution in [-0.4, -0.2) is 17.8 Å². The molecule has 1 amide bonds. The predicted molar refractivity (Wildman–Crippen MR) is 48.8 cm³/mol. The Morgan fingerprint density at radius 1 is 1.46 bits per heavy atom. The fourth-order valence-corrected chi connectivity index (χ4v) is 0.830. The molecule has 0 spiro atoms. The number of amides is 1. The first-order valence-corrected chi connectivity index (χ1v) is 3.95. The average Bonchev–Trinajstić information content (AvgIpc) is 2.09. The molecule has 2 N–H and O–H groups in total. The third-order valence-corrected chi connectivity index (χ3v) is 1.39. The number of benzene rings is 1. The number of ether oxygens (including phenoxy) is 1. The maximum absolute atomic E-state index is 10.9. The molecule has 0 unspecified atom stereocenters. The van der Waals surface area contributed by atoms with E-state index in [-0.39, 0.29) is 5.75 Å². The number of aromatic hydroxyl groups is 1. The van der Waals surface area contributed by atoms with Crippen LogP contribution in [0, 0.1) is 0 Å². The SMILES string of the molecule is CCOC(=O)Nc1ccc(O)cc1. The zero-order valence-corrected chi connectivity index (χ0v) is 7.28. The summed E-state index contributed by atoms with van der Waals surface area (Å²) in [5.74, 6) is 0.161. The summed E-state index contributed by atoms with van der Waals surface area (Å²) >= 11 is 0. The van der Waals surface area contributed by atoms with Crippen LogP contribution >= 0.6 is 0 Å². The van der Waals surface area contributed by atoms with Gasteiger partial charge < -0.3 is 9.84 Å². The zero-order valence-electron chi connectivity index (χ0n) is 7.28. The van der Waals surface area contributed by atoms with Gasteiger partial charge in [0, 0.05) is 5.69 Å². The minimum absolute atomic E-state index is 0.161. The Hall–Kier alpha value is -1.71. The standard InChI is InChI=1S/C9H11NO3/c1-2-13-9(12)10-7-3-5-8(11)6-4-7/h3-6,11H,2H2,1H3,(H,10,12). The summed E-state index contributed by atoms with van der Waals surface area (Å²) in [5, 5.41) is 11.4. The van der Waals surface area contributed by atoms with Gasteiger partial charge in [0.25, 0.3) is 0 Å². The van der Waals surface area contributed by atoms with Gasteiger partial charge in [-0.2, -0.15) is 0 Å². The van der Waals surface area contributed by atoms with Gasteiger partial charge in [-0.05, 0) is 31.2 Å². The van der Waals surface area contributed by atoms with Crippen LogP contribution in [0.15, 0.2) is 24.3 Å². The van der Waals surface area contributed by atoms with Gasteiger partial charge in [-0.15, -0.1) is 0 Å². The molecule has 0 aliphatic heterocycles. The molecule has 0 fully saturated rings. The lowest BCUT2D eigenvalue weighted by molar-refractivity contribution is 0.168. The second kappa shape index (κ2) is 4.35. The minimum atomic E-state index is -0.492. The topological polar surface area (TPSA) is 58.6 Å². The van der Waals surface area contributed by atoms with E-state index in [1.54, 1.807) is 19.1 Å². The molecule has 0 atom stereocenters. The minimum Gasteiger partial charge on any atom is -0.508 e. The first-order valence-electron chi connectivity index (χ1n) is 3.95. The molecule has 0 bridgehead atoms. The zero-order chi connectivity index (χ0) is 9.68. The second-order valence-electron chi connectivity index (χ2n) is 2.39. The molecule has 0 saturated heterocycles. The summed E-state index contributed by atoms with van der Waals surface area (Å²) in [6.07, 6.45) is -0.492. The number of carbonyl (C=O) groups is 1. The van der Waals surface area contributed by atoms with E-state index >= 15 is 0 Å². The van der Waals surface area contributed by atoms with Crippen molar-refractivity contribution in [3.8, 4) is 5.75 Å². The van der Waals surface area contributed by atoms with Crippen molar-refractivity contribution in [2.75, 3.05) is 11.9 Å². The molecule has 0 aliphatic carbocycles. The molecule has 0 aromatic heterocycles. The van der Waals surface area contributed by atoms with Crippen LogP contribution in [0.1, 0.15) is 6.92 Å². The van der Waals surface area contributed by atoms with E-state index in [9.17, 15) is 4.79 Å². The van der Waals surface area contributed by atoms with Crippen LogP contribution in [0.25, 0.3) is 0 Å². The van der Waals surface area contributed by atoms with Crippen LogP contribution < -0.4 is 5.32 Å². The highest BCUT2D eigenvalue weighted by Gasteiger charge is 2.00. The number of hydrogen-bond acceptors (Lipinski definition) is 3. The molecule has 0 radical (unpaired) electrons. The fraction of sp³-hybridized carbons (Fsp3) is 0.222. The molecule has 0 saturated carbocycles. The number of phenolic OH excluding ortho intramolecular Hbond substituents is 1. The number of hydrogen-bond donors (Lipinski definition) is 2. The lowest BCUT2D eigenvalue weighted by Crippen LogP contribution is -2.12. The van der Waals surface area contributed by atoms with Crippen LogP contribution in [0.5, 0.6) is 5.75 Å². The normalized spacial score (nSPS) is 9.31. The van der Waals surface area contributed by atoms with Gasteiger partial charge in [0.15, 0.2) is 0 Å². The lowest BCUT2D eigenvalue weighted by atomic mass is 10.3. The number of nitrogens with one attached hydrogen (secondary N) is 1. The molecule has 13 heavy (non-hydrogen) atoms. The molecule has 4 heteroatoms. The second-order valence-corrected chi connectivity index (χ2v) is 2.39. The maximum Gasteiger partial charge on any atom is 0.411 e. The third kappa shape index (κ3) is 3.02. The van der Waals surface area contributed by atoms with Gasteiger partial charge in [0.05, 0.1) is 6.61 Å². The molecular formula is C9H11NO3. The highest BCUT2D eigenvalue weighted by Crippen LogP contribution is 2.13. The largest absolute Gasteiger partial charge is 0.508 e. The Morgan fingerprint density at radius 2 is 2.08 bits per heavy atom. The Balaban J connectivity index is 2.54. The lowest BCUT2D eigenvalue weighted by Gasteiger charge is -2.04. The van der Waals surface area contributed by atoms with Crippen molar-refractivity contribution in [3.63, 3.8) is 0 Å². The first kappa shape index (κ1) is 9.38. The van der Waals surface area contributed by atoms with Gasteiger partial charge in [-0.25, -0.2) is 4.79 Å². The third-order valence-electron chi connectivity index (χ3n) is 1.39. The number of carbonyl (C=O) groups excluding carboxylic acids is 1. The van der Waals surface area contributed by atoms with E-state index in [2.05, 4.69) is 10.1 Å². The van der Waals surface area contributed by atoms with Crippen molar-refractivity contribution >= 4 is 11.8 Å². The van der Waals surface area contributed by atoms with Crippen LogP contribution in [0.3, 0.4) is 0 Å². The van der Waals surface area contributed by atoms with Crippen LogP contribution in [-0.2, 0) is 4.74 Å². The molecule has 1 rings (SSSR count). The Bertz CT molecular complexity index is 281. The fourth-order valence-electron chi connectivity index (χ4n) is 0.830. The monoisotopic (exact) mass is 181 g/mol. The number of phenols is 1. The molecule has 0 heterocycles. The Morgan fingerprint density at radius 3 is 2.62 bits per heavy atom. The quantitative estimate of drug-likeness (QED) is 0.685. The van der Waals surface area contributed by atoms with E-state index in [0.29, 0.717) is 12.3 Å². The van der Waals surface area contributed by atoms with Gasteiger partial charge in [0.1, 0.15) is 5.75 Å². The van der Waals surface area contributed by atoms with Crippen molar-refractivity contribution in [2.45, 2.75) is 6.92 Å². The highest BCUT2D eigenvalue weighted by molar-refractivity contribution is 5.84. The molecule has 1 aromatic carbocycles. The van der Waals surface area contributed by atoms with Gasteiger partial charge in [0.2, 0.25) is 0 Å². The number of anilines is 1. The van der Waals surface area contributed by atoms with Gasteiger partial charge in [-0.3, -0.25) is 5.32 Å². The van der Waals surface area contributed by atoms with Crippen molar-refractivity contribution in [1.29, 1.82) is 0 Å². The molecule has 1 aromatic rings. The summed E-state index contributed by atoms with van der Waals surface area (Å²) in [4.78, 5) is 10.9. The van der Waals surface area contributed by atoms with Crippen molar-refractivity contribution in [3.05, 3.63) is 24.3 Å². The smallest absolute Gasteiger partial charge is 0.411 e. The van der Waals surface area contributed by atoms with Crippen molar-refractivity contribution in [2.24, 2.45) is 0 Å². The van der Waals surface area contributed by atoms with E-state index in [4.69, 9.17) is 5.11 Å². The van der Waals surface area contributed by atoms with Crippen molar-refractivity contribution < 1.29 is 14.6 Å². The Labute approximate surface area is 76.1 Å². The number of rotatable bonds is 2. The summed E-state index contributed by atoms with van der Waals surface area (Å²) < 4.78 is 4.66. The van der Waals surface area contributed by atoms with Crippen LogP contribution in [0.4, 0.5) is 10.5 Å². The van der Waals surface area contributed by atoms with Crippen molar-refractivity contribution in [1.82, 2.24) is 0 Å². The van der Waals surface area contributed by atoms with E-state index in [0.717, 1.165) is 0 Å². The average molecular weight is 181 g/mol. The molecule has 70 valence electrons. The summed E-state index contributed by atoms with van der Waals surface area (Å²) in [5.41, 5.74) is 0.594. The molecule has 4 nitrogen and oxygen atoms in total. The summed E-state index contributed by atoms with van der Waals surface area (Å²) in [7, 11) is 0. The van der Waals surface area contributed by atoms with E-state index in [1.807, 2.05) is 0 Å². The first-order chi connectivity index (χ1) is 6.22. The maximum atomic E-state index is 10.9. The summed E-state index contributed by atoms with van der Waals surface area (Å²) in [6, 6.07) is 6.15. The van der Waals surface area contributed by atoms with E-state index < -0.39 is 6.09 Å².